The van der Waals surface area contributed by atoms with Crippen LogP contribution < -0.4 is 20.2 Å². The Morgan fingerprint density at radius 2 is 1.91 bits per heavy atom. The third kappa shape index (κ3) is 2.59. The van der Waals surface area contributed by atoms with E-state index in [1.807, 2.05) is 0 Å². The zero-order valence-corrected chi connectivity index (χ0v) is 12.5. The molecule has 3 rings (SSSR count). The molecule has 6 heteroatoms. The maximum Gasteiger partial charge on any atom is 0.344 e. The zero-order chi connectivity index (χ0) is 16.6. The smallest absolute Gasteiger partial charge is 0.344 e. The molecule has 0 saturated carbocycles. The minimum absolute atomic E-state index is 0.331. The van der Waals surface area contributed by atoms with Crippen molar-refractivity contribution in [2.75, 3.05) is 13.7 Å². The van der Waals surface area contributed by atoms with Crippen LogP contribution in [0.3, 0.4) is 0 Å². The first-order valence-electron chi connectivity index (χ1n) is 6.88. The Bertz CT molecular complexity index is 970. The number of fused-ring (bicyclic) bond motifs is 3. The molecule has 0 bridgehead atoms. The largest absolute Gasteiger partial charge is 0.546 e. The van der Waals surface area contributed by atoms with Gasteiger partial charge < -0.3 is 23.8 Å². The quantitative estimate of drug-likeness (QED) is 0.534. The summed E-state index contributed by atoms with van der Waals surface area (Å²) in [4.78, 5) is 22.7. The van der Waals surface area contributed by atoms with Gasteiger partial charge in [0.05, 0.1) is 18.5 Å². The number of benzene rings is 2. The maximum atomic E-state index is 12.2. The Labute approximate surface area is 130 Å². The number of aliphatic carboxylic acids is 1. The van der Waals surface area contributed by atoms with Crippen LogP contribution in [0.25, 0.3) is 21.7 Å². The van der Waals surface area contributed by atoms with Crippen molar-refractivity contribution in [2.24, 2.45) is 0 Å². The van der Waals surface area contributed by atoms with Gasteiger partial charge in [0.2, 0.25) is 0 Å². The standard InChI is InChI=1S/C17H14O6/c1-9-14(22-8-15(18)19)6-5-12-11-4-3-10(21-2)7-13(11)17(20)23-16(9)12/h3-7H,8H2,1-2H3,(H,18,19)/p-1. The van der Waals surface area contributed by atoms with Crippen molar-refractivity contribution in [1.82, 2.24) is 0 Å². The summed E-state index contributed by atoms with van der Waals surface area (Å²) in [6, 6.07) is 8.54. The lowest BCUT2D eigenvalue weighted by molar-refractivity contribution is -0.307. The number of rotatable bonds is 4. The Morgan fingerprint density at radius 3 is 2.61 bits per heavy atom. The van der Waals surface area contributed by atoms with Gasteiger partial charge in [0, 0.05) is 16.3 Å². The summed E-state index contributed by atoms with van der Waals surface area (Å²) in [5.41, 5.74) is 0.425. The molecule has 0 aliphatic carbocycles. The van der Waals surface area contributed by atoms with Gasteiger partial charge in [-0.15, -0.1) is 0 Å². The molecule has 0 aliphatic rings. The monoisotopic (exact) mass is 313 g/mol. The maximum absolute atomic E-state index is 12.2. The number of ether oxygens (including phenoxy) is 2. The van der Waals surface area contributed by atoms with Crippen LogP contribution in [-0.4, -0.2) is 19.7 Å². The van der Waals surface area contributed by atoms with Crippen LogP contribution in [0.2, 0.25) is 0 Å². The van der Waals surface area contributed by atoms with Crippen LogP contribution in [0, 0.1) is 6.92 Å². The van der Waals surface area contributed by atoms with E-state index in [0.717, 1.165) is 10.8 Å². The Kier molecular flexibility index (Phi) is 3.65. The van der Waals surface area contributed by atoms with Gasteiger partial charge in [-0.25, -0.2) is 4.79 Å². The van der Waals surface area contributed by atoms with Gasteiger partial charge >= 0.3 is 5.63 Å². The fourth-order valence-corrected chi connectivity index (χ4v) is 2.51. The Balaban J connectivity index is 2.25. The first-order chi connectivity index (χ1) is 11.0. The van der Waals surface area contributed by atoms with E-state index < -0.39 is 18.2 Å². The van der Waals surface area contributed by atoms with Gasteiger partial charge in [-0.1, -0.05) is 0 Å². The number of hydrogen-bond donors (Lipinski definition) is 0. The molecule has 3 aromatic rings. The molecule has 0 N–H and O–H groups in total. The molecule has 0 saturated heterocycles. The molecule has 6 nitrogen and oxygen atoms in total. The van der Waals surface area contributed by atoms with E-state index in [4.69, 9.17) is 13.9 Å². The highest BCUT2D eigenvalue weighted by Gasteiger charge is 2.13. The summed E-state index contributed by atoms with van der Waals surface area (Å²) in [6.07, 6.45) is 0. The average Bonchev–Trinajstić information content (AvgIpc) is 2.54. The predicted molar refractivity (Wildman–Crippen MR) is 81.8 cm³/mol. The van der Waals surface area contributed by atoms with Crippen molar-refractivity contribution >= 4 is 27.7 Å². The molecular weight excluding hydrogens is 300 g/mol. The first-order valence-corrected chi connectivity index (χ1v) is 6.88. The van der Waals surface area contributed by atoms with E-state index in [0.29, 0.717) is 28.0 Å². The van der Waals surface area contributed by atoms with Gasteiger partial charge in [0.15, 0.2) is 0 Å². The predicted octanol–water partition coefficient (Wildman–Crippen LogP) is 1.39. The van der Waals surface area contributed by atoms with E-state index in [-0.39, 0.29) is 0 Å². The number of methoxy groups -OCH3 is 1. The van der Waals surface area contributed by atoms with Crippen molar-refractivity contribution in [3.05, 3.63) is 46.3 Å². The number of aryl methyl sites for hydroxylation is 1. The highest BCUT2D eigenvalue weighted by atomic mass is 16.5. The summed E-state index contributed by atoms with van der Waals surface area (Å²) >= 11 is 0. The van der Waals surface area contributed by atoms with Crippen molar-refractivity contribution in [1.29, 1.82) is 0 Å². The normalized spacial score (nSPS) is 10.9. The Hall–Kier alpha value is -3.02. The van der Waals surface area contributed by atoms with Crippen molar-refractivity contribution in [3.63, 3.8) is 0 Å². The summed E-state index contributed by atoms with van der Waals surface area (Å²) in [5, 5.41) is 12.4. The van der Waals surface area contributed by atoms with Gasteiger partial charge in [-0.05, 0) is 37.3 Å². The van der Waals surface area contributed by atoms with Crippen LogP contribution in [-0.2, 0) is 4.79 Å². The second-order valence-corrected chi connectivity index (χ2v) is 5.03. The van der Waals surface area contributed by atoms with E-state index in [1.165, 1.54) is 7.11 Å². The minimum Gasteiger partial charge on any atom is -0.546 e. The van der Waals surface area contributed by atoms with Gasteiger partial charge in [-0.3, -0.25) is 0 Å². The molecule has 0 amide bonds. The third-order valence-corrected chi connectivity index (χ3v) is 3.63. The highest BCUT2D eigenvalue weighted by molar-refractivity contribution is 6.06. The summed E-state index contributed by atoms with van der Waals surface area (Å²) in [6.45, 7) is 1.13. The molecular formula is C17H13O6-. The summed E-state index contributed by atoms with van der Waals surface area (Å²) in [5.74, 6) is -0.427. The van der Waals surface area contributed by atoms with E-state index in [9.17, 15) is 14.7 Å². The second kappa shape index (κ2) is 5.64. The SMILES string of the molecule is COc1ccc2c(c1)c(=O)oc1c(C)c(OCC(=O)[O-])ccc12. The third-order valence-electron chi connectivity index (χ3n) is 3.63. The van der Waals surface area contributed by atoms with Crippen LogP contribution in [0.1, 0.15) is 5.56 Å². The van der Waals surface area contributed by atoms with Gasteiger partial charge in [0.25, 0.3) is 0 Å². The molecule has 1 heterocycles. The number of carboxylic acid groups (broad SMARTS) is 1. The van der Waals surface area contributed by atoms with E-state index >= 15 is 0 Å². The van der Waals surface area contributed by atoms with Crippen molar-refractivity contribution in [2.45, 2.75) is 6.92 Å². The second-order valence-electron chi connectivity index (χ2n) is 5.03. The lowest BCUT2D eigenvalue weighted by Crippen LogP contribution is -2.29. The fraction of sp³-hybridized carbons (Fsp3) is 0.176. The first kappa shape index (κ1) is 14.9. The van der Waals surface area contributed by atoms with Crippen molar-refractivity contribution in [3.8, 4) is 11.5 Å². The molecule has 0 unspecified atom stereocenters. The lowest BCUT2D eigenvalue weighted by Gasteiger charge is -2.12. The molecule has 1 aromatic heterocycles. The van der Waals surface area contributed by atoms with Gasteiger partial charge in [-0.2, -0.15) is 0 Å². The molecule has 23 heavy (non-hydrogen) atoms. The number of carbonyl (C=O) groups excluding carboxylic acids is 1. The van der Waals surface area contributed by atoms with Crippen LogP contribution in [0.15, 0.2) is 39.5 Å². The fourth-order valence-electron chi connectivity index (χ4n) is 2.51. The number of carboxylic acids is 1. The highest BCUT2D eigenvalue weighted by Crippen LogP contribution is 2.31. The number of hydrogen-bond acceptors (Lipinski definition) is 6. The zero-order valence-electron chi connectivity index (χ0n) is 12.5. The van der Waals surface area contributed by atoms with E-state index in [2.05, 4.69) is 0 Å². The van der Waals surface area contributed by atoms with Gasteiger partial charge in [0.1, 0.15) is 23.7 Å². The van der Waals surface area contributed by atoms with E-state index in [1.54, 1.807) is 37.3 Å². The Morgan fingerprint density at radius 1 is 1.17 bits per heavy atom. The average molecular weight is 313 g/mol. The molecule has 118 valence electrons. The van der Waals surface area contributed by atoms with Crippen molar-refractivity contribution < 1.29 is 23.8 Å². The lowest BCUT2D eigenvalue weighted by atomic mass is 10.0. The van der Waals surface area contributed by atoms with Crippen LogP contribution in [0.4, 0.5) is 0 Å². The molecule has 0 fully saturated rings. The minimum atomic E-state index is -1.32. The molecule has 2 aromatic carbocycles. The number of carbonyl (C=O) groups is 1. The molecule has 0 spiro atoms. The molecule has 0 atom stereocenters. The summed E-state index contributed by atoms with van der Waals surface area (Å²) < 4.78 is 15.7. The molecule has 0 aliphatic heterocycles. The van der Waals surface area contributed by atoms with Crippen LogP contribution in [0.5, 0.6) is 11.5 Å². The summed E-state index contributed by atoms with van der Waals surface area (Å²) in [7, 11) is 1.52. The molecule has 0 radical (unpaired) electrons. The topological polar surface area (TPSA) is 88.8 Å². The van der Waals surface area contributed by atoms with Crippen LogP contribution >= 0.6 is 0 Å².